The first-order chi connectivity index (χ1) is 17.3. The maximum atomic E-state index is 13.6. The maximum Gasteiger partial charge on any atom is 0.295 e. The summed E-state index contributed by atoms with van der Waals surface area (Å²) >= 11 is 0. The van der Waals surface area contributed by atoms with Gasteiger partial charge in [-0.15, -0.1) is 0 Å². The van der Waals surface area contributed by atoms with E-state index in [1.807, 2.05) is 45.0 Å². The van der Waals surface area contributed by atoms with Crippen molar-refractivity contribution < 1.29 is 29.1 Å². The van der Waals surface area contributed by atoms with Gasteiger partial charge in [-0.1, -0.05) is 30.0 Å². The Balaban J connectivity index is 2.00. The van der Waals surface area contributed by atoms with Crippen LogP contribution in [0.4, 0.5) is 0 Å². The van der Waals surface area contributed by atoms with Crippen molar-refractivity contribution in [2.24, 2.45) is 0 Å². The van der Waals surface area contributed by atoms with E-state index in [1.54, 1.807) is 29.2 Å². The average Bonchev–Trinajstić information content (AvgIpc) is 3.12. The molecule has 0 spiro atoms. The fourth-order valence-electron chi connectivity index (χ4n) is 4.58. The smallest absolute Gasteiger partial charge is 0.295 e. The third-order valence-corrected chi connectivity index (χ3v) is 6.45. The lowest BCUT2D eigenvalue weighted by Crippen LogP contribution is -3.11. The molecule has 1 heterocycles. The number of hydrogen-bond donors (Lipinski definition) is 1. The Morgan fingerprint density at radius 3 is 2.14 bits per heavy atom. The van der Waals surface area contributed by atoms with Crippen molar-refractivity contribution in [3.05, 3.63) is 65.2 Å². The number of rotatable bonds is 12. The minimum absolute atomic E-state index is 0.00289. The quantitative estimate of drug-likeness (QED) is 0.278. The molecule has 0 aromatic heterocycles. The molecule has 1 unspecified atom stereocenters. The van der Waals surface area contributed by atoms with Gasteiger partial charge in [-0.25, -0.2) is 0 Å². The minimum atomic E-state index is -0.733. The Hall–Kier alpha value is -3.32. The highest BCUT2D eigenvalue weighted by molar-refractivity contribution is 6.46. The summed E-state index contributed by atoms with van der Waals surface area (Å²) in [6, 6.07) is 13.3. The van der Waals surface area contributed by atoms with Gasteiger partial charge in [-0.05, 0) is 70.0 Å². The zero-order chi connectivity index (χ0) is 26.2. The fraction of sp³-hybridized carbons (Fsp3) is 0.448. The van der Waals surface area contributed by atoms with Crippen LogP contribution in [0.25, 0.3) is 5.76 Å². The van der Waals surface area contributed by atoms with Gasteiger partial charge in [0.15, 0.2) is 0 Å². The number of hydrogen-bond acceptors (Lipinski definition) is 5. The zero-order valence-corrected chi connectivity index (χ0v) is 22.0. The molecule has 2 aromatic rings. The van der Waals surface area contributed by atoms with E-state index < -0.39 is 23.5 Å². The van der Waals surface area contributed by atoms with Crippen LogP contribution in [0.2, 0.25) is 0 Å². The molecule has 1 N–H and O–H groups in total. The molecular weight excluding hydrogens is 456 g/mol. The third kappa shape index (κ3) is 6.26. The van der Waals surface area contributed by atoms with Gasteiger partial charge in [0.25, 0.3) is 5.91 Å². The van der Waals surface area contributed by atoms with E-state index in [4.69, 9.17) is 9.47 Å². The van der Waals surface area contributed by atoms with Gasteiger partial charge < -0.3 is 24.4 Å². The average molecular weight is 495 g/mol. The number of benzene rings is 2. The minimum Gasteiger partial charge on any atom is -0.872 e. The lowest BCUT2D eigenvalue weighted by atomic mass is 9.95. The summed E-state index contributed by atoms with van der Waals surface area (Å²) in [5.41, 5.74) is 1.07. The number of amides is 1. The van der Waals surface area contributed by atoms with Crippen molar-refractivity contribution in [1.82, 2.24) is 4.90 Å². The summed E-state index contributed by atoms with van der Waals surface area (Å²) in [5.74, 6) is -0.435. The van der Waals surface area contributed by atoms with Gasteiger partial charge >= 0.3 is 0 Å². The number of Topliss-reactive ketones (excluding diaryl/α,β-unsaturated/α-hetero) is 1. The number of nitrogens with zero attached hydrogens (tertiary/aromatic N) is 1. The first-order valence-electron chi connectivity index (χ1n) is 12.9. The third-order valence-electron chi connectivity index (χ3n) is 6.45. The van der Waals surface area contributed by atoms with Gasteiger partial charge in [-0.2, -0.15) is 0 Å². The Morgan fingerprint density at radius 2 is 1.58 bits per heavy atom. The molecule has 3 rings (SSSR count). The maximum absolute atomic E-state index is 13.6. The van der Waals surface area contributed by atoms with Gasteiger partial charge in [0.05, 0.1) is 38.4 Å². The summed E-state index contributed by atoms with van der Waals surface area (Å²) in [4.78, 5) is 29.3. The second-order valence-corrected chi connectivity index (χ2v) is 9.23. The highest BCUT2D eigenvalue weighted by Crippen LogP contribution is 2.39. The van der Waals surface area contributed by atoms with E-state index in [1.165, 1.54) is 4.90 Å². The Morgan fingerprint density at radius 1 is 0.972 bits per heavy atom. The molecular formula is C29H38N2O5. The predicted molar refractivity (Wildman–Crippen MR) is 138 cm³/mol. The monoisotopic (exact) mass is 494 g/mol. The van der Waals surface area contributed by atoms with E-state index in [2.05, 4.69) is 13.8 Å². The van der Waals surface area contributed by atoms with E-state index in [9.17, 15) is 14.7 Å². The number of ether oxygens (including phenoxy) is 2. The molecule has 1 amide bonds. The van der Waals surface area contributed by atoms with Crippen molar-refractivity contribution in [3.8, 4) is 11.5 Å². The van der Waals surface area contributed by atoms with Crippen LogP contribution in [0.1, 0.15) is 58.2 Å². The molecule has 1 aliphatic heterocycles. The van der Waals surface area contributed by atoms with E-state index in [0.717, 1.165) is 31.6 Å². The molecule has 0 saturated carbocycles. The summed E-state index contributed by atoms with van der Waals surface area (Å²) in [6.07, 6.45) is 0.763. The second-order valence-electron chi connectivity index (χ2n) is 9.23. The highest BCUT2D eigenvalue weighted by atomic mass is 16.5. The van der Waals surface area contributed by atoms with Gasteiger partial charge in [0, 0.05) is 18.5 Å². The molecule has 1 fully saturated rings. The molecule has 1 aliphatic rings. The van der Waals surface area contributed by atoms with Gasteiger partial charge in [0.2, 0.25) is 5.78 Å². The van der Waals surface area contributed by atoms with Crippen LogP contribution < -0.4 is 19.5 Å². The molecule has 0 radical (unpaired) electrons. The van der Waals surface area contributed by atoms with Crippen molar-refractivity contribution >= 4 is 17.4 Å². The normalized spacial score (nSPS) is 17.3. The topological polar surface area (TPSA) is 83.3 Å². The van der Waals surface area contributed by atoms with E-state index in [-0.39, 0.29) is 11.7 Å². The zero-order valence-electron chi connectivity index (χ0n) is 22.0. The number of nitrogens with one attached hydrogen (secondary N) is 1. The van der Waals surface area contributed by atoms with Crippen molar-refractivity contribution in [1.29, 1.82) is 0 Å². The summed E-state index contributed by atoms with van der Waals surface area (Å²) in [6.45, 7) is 13.9. The predicted octanol–water partition coefficient (Wildman–Crippen LogP) is 2.41. The number of carbonyl (C=O) groups excluding carboxylic acids is 2. The van der Waals surface area contributed by atoms with Crippen LogP contribution in [0.5, 0.6) is 11.5 Å². The van der Waals surface area contributed by atoms with Crippen molar-refractivity contribution in [2.45, 2.75) is 53.2 Å². The summed E-state index contributed by atoms with van der Waals surface area (Å²) < 4.78 is 11.2. The first kappa shape index (κ1) is 27.3. The standard InChI is InChI=1S/C29H38N2O5/c1-6-30(7-2)18-9-19-31-26(21-10-16-24(17-11-21)36-20(4)5)25(28(33)29(31)34)27(32)22-12-14-23(15-13-22)35-8-3/h10-17,20,26,32H,6-9,18-19H2,1-5H3. The van der Waals surface area contributed by atoms with Gasteiger partial charge in [0.1, 0.15) is 11.5 Å². The van der Waals surface area contributed by atoms with Crippen molar-refractivity contribution in [2.75, 3.05) is 32.8 Å². The van der Waals surface area contributed by atoms with Crippen LogP contribution in [0.3, 0.4) is 0 Å². The molecule has 7 heteroatoms. The molecule has 0 bridgehead atoms. The summed E-state index contributed by atoms with van der Waals surface area (Å²) in [7, 11) is 0. The van der Waals surface area contributed by atoms with Crippen LogP contribution in [-0.4, -0.2) is 55.5 Å². The molecule has 7 nitrogen and oxygen atoms in total. The highest BCUT2D eigenvalue weighted by Gasteiger charge is 2.44. The Bertz CT molecular complexity index is 1060. The number of ketones is 1. The Kier molecular flexibility index (Phi) is 9.53. The Labute approximate surface area is 214 Å². The fourth-order valence-corrected chi connectivity index (χ4v) is 4.58. The van der Waals surface area contributed by atoms with Crippen LogP contribution in [-0.2, 0) is 9.59 Å². The molecule has 2 aromatic carbocycles. The first-order valence-corrected chi connectivity index (χ1v) is 12.9. The largest absolute Gasteiger partial charge is 0.872 e. The molecule has 0 aliphatic carbocycles. The van der Waals surface area contributed by atoms with Crippen molar-refractivity contribution in [3.63, 3.8) is 0 Å². The van der Waals surface area contributed by atoms with Crippen LogP contribution in [0.15, 0.2) is 54.1 Å². The number of likely N-dealkylation sites (tertiary alicyclic amines) is 1. The SMILES string of the molecule is CCOc1ccc(C([O-])=C2C(=O)C(=O)N(CCC[NH+](CC)CC)C2c2ccc(OC(C)C)cc2)cc1. The van der Waals surface area contributed by atoms with Crippen LogP contribution >= 0.6 is 0 Å². The van der Waals surface area contributed by atoms with Crippen LogP contribution in [0, 0.1) is 0 Å². The molecule has 1 atom stereocenters. The number of carbonyl (C=O) groups is 2. The number of quaternary nitrogens is 1. The second kappa shape index (κ2) is 12.6. The molecule has 36 heavy (non-hydrogen) atoms. The lowest BCUT2D eigenvalue weighted by Gasteiger charge is -2.28. The van der Waals surface area contributed by atoms with Gasteiger partial charge in [-0.3, -0.25) is 9.59 Å². The van der Waals surface area contributed by atoms with E-state index >= 15 is 0 Å². The molecule has 194 valence electrons. The lowest BCUT2D eigenvalue weighted by molar-refractivity contribution is -0.896. The summed E-state index contributed by atoms with van der Waals surface area (Å²) in [5, 5.41) is 13.6. The van der Waals surface area contributed by atoms with E-state index in [0.29, 0.717) is 30.2 Å². The molecule has 1 saturated heterocycles.